The molecule has 0 aliphatic carbocycles. The molecule has 1 unspecified atom stereocenters. The molecule has 0 spiro atoms. The van der Waals surface area contributed by atoms with E-state index in [1.165, 1.54) is 0 Å². The number of carbonyl (C=O) groups is 1. The maximum absolute atomic E-state index is 12.5. The predicted octanol–water partition coefficient (Wildman–Crippen LogP) is 3.04. The van der Waals surface area contributed by atoms with Crippen molar-refractivity contribution in [1.29, 1.82) is 0 Å². The summed E-state index contributed by atoms with van der Waals surface area (Å²) in [5.74, 6) is 2.15. The highest BCUT2D eigenvalue weighted by Gasteiger charge is 2.26. The van der Waals surface area contributed by atoms with Gasteiger partial charge >= 0.3 is 0 Å². The fraction of sp³-hybridized carbons (Fsp3) is 0.381. The number of ether oxygens (including phenoxy) is 5. The molecule has 1 heterocycles. The molecule has 29 heavy (non-hydrogen) atoms. The van der Waals surface area contributed by atoms with Crippen LogP contribution in [0.3, 0.4) is 0 Å². The van der Waals surface area contributed by atoms with Gasteiger partial charge in [-0.1, -0.05) is 17.7 Å². The fourth-order valence-corrected chi connectivity index (χ4v) is 3.08. The van der Waals surface area contributed by atoms with E-state index in [4.69, 9.17) is 35.3 Å². The summed E-state index contributed by atoms with van der Waals surface area (Å²) in [6, 6.07) is 12.3. The zero-order chi connectivity index (χ0) is 20.6. The first-order chi connectivity index (χ1) is 14.1. The number of para-hydroxylation sites is 1. The number of rotatable bonds is 8. The van der Waals surface area contributed by atoms with Gasteiger partial charge in [-0.2, -0.15) is 0 Å². The number of methoxy groups -OCH3 is 2. The summed E-state index contributed by atoms with van der Waals surface area (Å²) >= 11 is 5.85. The van der Waals surface area contributed by atoms with Crippen LogP contribution in [0.5, 0.6) is 23.0 Å². The molecule has 2 aromatic carbocycles. The minimum atomic E-state index is -0.266. The number of benzene rings is 2. The molecule has 0 bridgehead atoms. The third-order valence-electron chi connectivity index (χ3n) is 4.46. The van der Waals surface area contributed by atoms with Gasteiger partial charge in [0.2, 0.25) is 5.75 Å². The van der Waals surface area contributed by atoms with Crippen LogP contribution in [0.4, 0.5) is 0 Å². The lowest BCUT2D eigenvalue weighted by atomic mass is 10.2. The highest BCUT2D eigenvalue weighted by Crippen LogP contribution is 2.36. The van der Waals surface area contributed by atoms with Crippen molar-refractivity contribution in [1.82, 2.24) is 4.90 Å². The second-order valence-electron chi connectivity index (χ2n) is 6.38. The molecule has 0 N–H and O–H groups in total. The van der Waals surface area contributed by atoms with Crippen molar-refractivity contribution in [3.63, 3.8) is 0 Å². The Morgan fingerprint density at radius 3 is 2.45 bits per heavy atom. The van der Waals surface area contributed by atoms with Gasteiger partial charge in [-0.25, -0.2) is 0 Å². The Hall–Kier alpha value is -2.64. The van der Waals surface area contributed by atoms with Crippen LogP contribution in [0.1, 0.15) is 0 Å². The minimum absolute atomic E-state index is 0.0461. The topological polar surface area (TPSA) is 66.5 Å². The summed E-state index contributed by atoms with van der Waals surface area (Å²) in [5, 5.41) is 0.617. The maximum Gasteiger partial charge on any atom is 0.260 e. The Labute approximate surface area is 175 Å². The molecule has 1 fully saturated rings. The molecule has 2 aromatic rings. The van der Waals surface area contributed by atoms with E-state index in [1.54, 1.807) is 55.5 Å². The van der Waals surface area contributed by atoms with E-state index in [-0.39, 0.29) is 25.2 Å². The third kappa shape index (κ3) is 5.68. The molecule has 0 saturated carbocycles. The van der Waals surface area contributed by atoms with Crippen molar-refractivity contribution in [3.8, 4) is 23.0 Å². The second-order valence-corrected chi connectivity index (χ2v) is 6.81. The lowest BCUT2D eigenvalue weighted by molar-refractivity contribution is -0.142. The monoisotopic (exact) mass is 421 g/mol. The van der Waals surface area contributed by atoms with E-state index >= 15 is 0 Å². The van der Waals surface area contributed by atoms with Crippen molar-refractivity contribution in [2.24, 2.45) is 0 Å². The molecule has 1 saturated heterocycles. The average Bonchev–Trinajstić information content (AvgIpc) is 2.77. The Morgan fingerprint density at radius 2 is 1.79 bits per heavy atom. The van der Waals surface area contributed by atoms with E-state index < -0.39 is 0 Å². The molecule has 8 heteroatoms. The molecular weight excluding hydrogens is 398 g/mol. The minimum Gasteiger partial charge on any atom is -0.493 e. The molecule has 1 aliphatic rings. The number of amides is 1. The molecule has 1 atom stereocenters. The molecule has 0 radical (unpaired) electrons. The summed E-state index contributed by atoms with van der Waals surface area (Å²) in [5.41, 5.74) is 0. The third-order valence-corrected chi connectivity index (χ3v) is 4.72. The lowest BCUT2D eigenvalue weighted by Crippen LogP contribution is -2.49. The number of halogens is 1. The van der Waals surface area contributed by atoms with E-state index in [0.29, 0.717) is 47.7 Å². The van der Waals surface area contributed by atoms with Crippen molar-refractivity contribution in [2.45, 2.75) is 6.10 Å². The van der Waals surface area contributed by atoms with Gasteiger partial charge in [-0.15, -0.1) is 0 Å². The van der Waals surface area contributed by atoms with Crippen LogP contribution in [0.15, 0.2) is 42.5 Å². The largest absolute Gasteiger partial charge is 0.493 e. The number of morpholine rings is 1. The van der Waals surface area contributed by atoms with E-state index in [0.717, 1.165) is 0 Å². The maximum atomic E-state index is 12.5. The van der Waals surface area contributed by atoms with Gasteiger partial charge in [-0.3, -0.25) is 4.79 Å². The smallest absolute Gasteiger partial charge is 0.260 e. The highest BCUT2D eigenvalue weighted by atomic mass is 35.5. The van der Waals surface area contributed by atoms with E-state index in [1.807, 2.05) is 6.07 Å². The standard InChI is InChI=1S/C21H24ClNO6/c1-25-18-4-3-5-19(26-2)21(18)29-13-17-12-23(10-11-27-17)20(24)14-28-16-8-6-15(22)7-9-16/h3-9,17H,10-14H2,1-2H3. The number of carbonyl (C=O) groups excluding carboxylic acids is 1. The van der Waals surface area contributed by atoms with Gasteiger partial charge in [0, 0.05) is 11.6 Å². The zero-order valence-corrected chi connectivity index (χ0v) is 17.2. The van der Waals surface area contributed by atoms with Crippen LogP contribution < -0.4 is 18.9 Å². The quantitative estimate of drug-likeness (QED) is 0.652. The summed E-state index contributed by atoms with van der Waals surface area (Å²) in [7, 11) is 3.14. The molecule has 7 nitrogen and oxygen atoms in total. The van der Waals surface area contributed by atoms with Crippen molar-refractivity contribution in [2.75, 3.05) is 47.1 Å². The first kappa shape index (κ1) is 21.1. The Morgan fingerprint density at radius 1 is 1.10 bits per heavy atom. The Balaban J connectivity index is 1.53. The van der Waals surface area contributed by atoms with Crippen LogP contribution in [-0.2, 0) is 9.53 Å². The average molecular weight is 422 g/mol. The van der Waals surface area contributed by atoms with Crippen LogP contribution in [0, 0.1) is 0 Å². The predicted molar refractivity (Wildman–Crippen MR) is 108 cm³/mol. The van der Waals surface area contributed by atoms with Crippen LogP contribution >= 0.6 is 11.6 Å². The molecule has 1 amide bonds. The van der Waals surface area contributed by atoms with Gasteiger partial charge in [0.05, 0.1) is 27.4 Å². The SMILES string of the molecule is COc1cccc(OC)c1OCC1CN(C(=O)COc2ccc(Cl)cc2)CCO1. The normalized spacial score (nSPS) is 16.2. The van der Waals surface area contributed by atoms with Crippen LogP contribution in [0.25, 0.3) is 0 Å². The van der Waals surface area contributed by atoms with Gasteiger partial charge in [0.1, 0.15) is 18.5 Å². The van der Waals surface area contributed by atoms with Gasteiger partial charge in [0.25, 0.3) is 5.91 Å². The van der Waals surface area contributed by atoms with Crippen LogP contribution in [-0.4, -0.2) is 64.0 Å². The van der Waals surface area contributed by atoms with E-state index in [9.17, 15) is 4.79 Å². The van der Waals surface area contributed by atoms with Crippen molar-refractivity contribution in [3.05, 3.63) is 47.5 Å². The number of hydrogen-bond acceptors (Lipinski definition) is 6. The van der Waals surface area contributed by atoms with Gasteiger partial charge in [0.15, 0.2) is 18.1 Å². The summed E-state index contributed by atoms with van der Waals surface area (Å²) in [4.78, 5) is 14.2. The van der Waals surface area contributed by atoms with Crippen molar-refractivity contribution < 1.29 is 28.5 Å². The fourth-order valence-electron chi connectivity index (χ4n) is 2.95. The lowest BCUT2D eigenvalue weighted by Gasteiger charge is -2.33. The van der Waals surface area contributed by atoms with Crippen molar-refractivity contribution >= 4 is 17.5 Å². The zero-order valence-electron chi connectivity index (χ0n) is 16.4. The Kier molecular flexibility index (Phi) is 7.43. The summed E-state index contributed by atoms with van der Waals surface area (Å²) in [6.07, 6.45) is -0.266. The molecule has 0 aromatic heterocycles. The summed E-state index contributed by atoms with van der Waals surface area (Å²) < 4.78 is 27.9. The molecule has 156 valence electrons. The second kappa shape index (κ2) is 10.2. The first-order valence-electron chi connectivity index (χ1n) is 9.22. The molecule has 3 rings (SSSR count). The summed E-state index contributed by atoms with van der Waals surface area (Å²) in [6.45, 7) is 1.58. The molecule has 1 aliphatic heterocycles. The first-order valence-corrected chi connectivity index (χ1v) is 9.60. The van der Waals surface area contributed by atoms with Gasteiger partial charge in [-0.05, 0) is 36.4 Å². The molecular formula is C21H24ClNO6. The van der Waals surface area contributed by atoms with Crippen LogP contribution in [0.2, 0.25) is 5.02 Å². The van der Waals surface area contributed by atoms with Gasteiger partial charge < -0.3 is 28.6 Å². The number of nitrogens with zero attached hydrogens (tertiary/aromatic N) is 1. The highest BCUT2D eigenvalue weighted by molar-refractivity contribution is 6.30. The van der Waals surface area contributed by atoms with E-state index in [2.05, 4.69) is 0 Å². The number of hydrogen-bond donors (Lipinski definition) is 0. The Bertz CT molecular complexity index is 791.